The van der Waals surface area contributed by atoms with Crippen LogP contribution in [-0.2, 0) is 4.79 Å². The Morgan fingerprint density at radius 3 is 2.59 bits per heavy atom. The van der Waals surface area contributed by atoms with Gasteiger partial charge in [-0.1, -0.05) is 24.8 Å². The Morgan fingerprint density at radius 2 is 1.88 bits per heavy atom. The number of carbonyl (C=O) groups excluding carboxylic acids is 1. The number of nitrogens with zero attached hydrogens (tertiary/aromatic N) is 3. The molecule has 0 spiro atoms. The minimum absolute atomic E-state index is 0.0474. The van der Waals surface area contributed by atoms with Gasteiger partial charge in [-0.25, -0.2) is 9.38 Å². The van der Waals surface area contributed by atoms with Crippen LogP contribution in [0.15, 0.2) is 83.8 Å². The molecule has 0 bridgehead atoms. The van der Waals surface area contributed by atoms with Gasteiger partial charge in [-0.3, -0.25) is 15.5 Å². The molecule has 1 fully saturated rings. The van der Waals surface area contributed by atoms with Crippen LogP contribution >= 0.6 is 0 Å². The van der Waals surface area contributed by atoms with Crippen LogP contribution in [0.2, 0.25) is 0 Å². The van der Waals surface area contributed by atoms with Gasteiger partial charge in [0.1, 0.15) is 17.7 Å². The minimum atomic E-state index is -0.940. The van der Waals surface area contributed by atoms with Crippen LogP contribution in [0.1, 0.15) is 18.4 Å². The number of aliphatic imine (C=N–C) groups is 1. The lowest BCUT2D eigenvalue weighted by Crippen LogP contribution is -2.56. The monoisotopic (exact) mass is 461 g/mol. The van der Waals surface area contributed by atoms with Gasteiger partial charge in [0.2, 0.25) is 0 Å². The summed E-state index contributed by atoms with van der Waals surface area (Å²) in [6.45, 7) is 4.03. The zero-order chi connectivity index (χ0) is 24.1. The quantitative estimate of drug-likeness (QED) is 0.481. The number of ether oxygens (including phenoxy) is 1. The van der Waals surface area contributed by atoms with E-state index < -0.39 is 11.7 Å². The van der Waals surface area contributed by atoms with Crippen molar-refractivity contribution in [2.75, 3.05) is 20.1 Å². The number of likely N-dealkylation sites (N-methyl/N-ethyl adjacent to an activating group) is 1. The van der Waals surface area contributed by atoms with Crippen LogP contribution in [0.25, 0.3) is 0 Å². The van der Waals surface area contributed by atoms with Crippen LogP contribution in [-0.4, -0.2) is 60.1 Å². The second-order valence-electron chi connectivity index (χ2n) is 8.39. The Morgan fingerprint density at radius 1 is 1.18 bits per heavy atom. The van der Waals surface area contributed by atoms with Gasteiger partial charge < -0.3 is 14.5 Å². The van der Waals surface area contributed by atoms with E-state index in [9.17, 15) is 9.18 Å². The minimum Gasteiger partial charge on any atom is -0.457 e. The topological polar surface area (TPSA) is 81.0 Å². The highest BCUT2D eigenvalue weighted by molar-refractivity contribution is 6.11. The lowest BCUT2D eigenvalue weighted by molar-refractivity contribution is -0.130. The maximum atomic E-state index is 13.4. The van der Waals surface area contributed by atoms with E-state index in [2.05, 4.69) is 16.9 Å². The molecule has 7 nitrogen and oxygen atoms in total. The van der Waals surface area contributed by atoms with Gasteiger partial charge in [0, 0.05) is 43.5 Å². The first-order chi connectivity index (χ1) is 16.4. The van der Waals surface area contributed by atoms with E-state index in [1.165, 1.54) is 4.90 Å². The molecular weight excluding hydrogens is 433 g/mol. The maximum Gasteiger partial charge on any atom is 0.282 e. The standard InChI is InChI=1S/C26H28FN5O2/c1-18(27)26(33)32-14-6-7-20(16-32)30-25-23(15-29-17-31(25)2)24(28)19-10-12-22(13-11-19)34-21-8-4-3-5-9-21/h3-5,8-13,15,17,20,25,28,30H,1,6-7,14,16H2,2H3/t20-,25?/m1/s1. The fraction of sp³-hybridized carbons (Fsp3) is 0.269. The lowest BCUT2D eigenvalue weighted by atomic mass is 9.98. The smallest absolute Gasteiger partial charge is 0.282 e. The third kappa shape index (κ3) is 5.40. The Bertz CT molecular complexity index is 1110. The number of benzene rings is 2. The third-order valence-corrected chi connectivity index (χ3v) is 5.91. The zero-order valence-corrected chi connectivity index (χ0v) is 19.1. The van der Waals surface area contributed by atoms with Crippen molar-refractivity contribution in [1.29, 1.82) is 5.41 Å². The number of amides is 1. The van der Waals surface area contributed by atoms with Crippen molar-refractivity contribution in [3.63, 3.8) is 0 Å². The Balaban J connectivity index is 1.46. The summed E-state index contributed by atoms with van der Waals surface area (Å²) in [6.07, 6.45) is 4.68. The summed E-state index contributed by atoms with van der Waals surface area (Å²) in [5.41, 5.74) is 1.78. The molecule has 2 N–H and O–H groups in total. The number of piperidine rings is 1. The van der Waals surface area contributed by atoms with E-state index in [4.69, 9.17) is 10.1 Å². The van der Waals surface area contributed by atoms with Gasteiger partial charge in [0.15, 0.2) is 5.83 Å². The molecule has 2 atom stereocenters. The molecule has 1 amide bonds. The normalized spacial score (nSPS) is 20.0. The molecule has 8 heteroatoms. The molecule has 2 aromatic rings. The summed E-state index contributed by atoms with van der Waals surface area (Å²) in [7, 11) is 1.88. The highest BCUT2D eigenvalue weighted by Crippen LogP contribution is 2.24. The number of hydrogen-bond donors (Lipinski definition) is 2. The molecule has 1 unspecified atom stereocenters. The van der Waals surface area contributed by atoms with E-state index in [1.807, 2.05) is 66.5 Å². The predicted octanol–water partition coefficient (Wildman–Crippen LogP) is 4.09. The summed E-state index contributed by atoms with van der Waals surface area (Å²) in [5, 5.41) is 12.4. The highest BCUT2D eigenvalue weighted by atomic mass is 19.1. The van der Waals surface area contributed by atoms with E-state index >= 15 is 0 Å². The Hall–Kier alpha value is -3.78. The zero-order valence-electron chi connectivity index (χ0n) is 19.1. The number of carbonyl (C=O) groups is 1. The Kier molecular flexibility index (Phi) is 7.18. The number of para-hydroxylation sites is 1. The van der Waals surface area contributed by atoms with Crippen molar-refractivity contribution < 1.29 is 13.9 Å². The van der Waals surface area contributed by atoms with E-state index in [0.717, 1.165) is 24.2 Å². The average Bonchev–Trinajstić information content (AvgIpc) is 2.85. The predicted molar refractivity (Wildman–Crippen MR) is 131 cm³/mol. The fourth-order valence-corrected chi connectivity index (χ4v) is 4.16. The van der Waals surface area contributed by atoms with E-state index in [1.54, 1.807) is 12.5 Å². The van der Waals surface area contributed by atoms with E-state index in [0.29, 0.717) is 30.1 Å². The molecule has 0 radical (unpaired) electrons. The van der Waals surface area contributed by atoms with Crippen LogP contribution in [0.3, 0.4) is 0 Å². The molecular formula is C26H28FN5O2. The summed E-state index contributed by atoms with van der Waals surface area (Å²) in [6, 6.07) is 16.9. The van der Waals surface area contributed by atoms with Crippen LogP contribution in [0, 0.1) is 5.41 Å². The number of hydrogen-bond acceptors (Lipinski definition) is 6. The molecule has 1 saturated heterocycles. The summed E-state index contributed by atoms with van der Waals surface area (Å²) >= 11 is 0. The van der Waals surface area contributed by atoms with Crippen molar-refractivity contribution in [2.24, 2.45) is 4.99 Å². The fourth-order valence-electron chi connectivity index (χ4n) is 4.16. The van der Waals surface area contributed by atoms with Crippen molar-refractivity contribution in [1.82, 2.24) is 15.1 Å². The lowest BCUT2D eigenvalue weighted by Gasteiger charge is -2.39. The third-order valence-electron chi connectivity index (χ3n) is 5.91. The molecule has 2 heterocycles. The van der Waals surface area contributed by atoms with E-state index in [-0.39, 0.29) is 12.2 Å². The largest absolute Gasteiger partial charge is 0.457 e. The second kappa shape index (κ2) is 10.4. The summed E-state index contributed by atoms with van der Waals surface area (Å²) < 4.78 is 19.2. The molecule has 176 valence electrons. The maximum absolute atomic E-state index is 13.4. The van der Waals surface area contributed by atoms with Crippen molar-refractivity contribution in [3.8, 4) is 11.5 Å². The molecule has 4 rings (SSSR count). The van der Waals surface area contributed by atoms with Crippen molar-refractivity contribution in [3.05, 3.63) is 84.3 Å². The van der Waals surface area contributed by atoms with Crippen molar-refractivity contribution in [2.45, 2.75) is 25.0 Å². The van der Waals surface area contributed by atoms with Crippen LogP contribution in [0.4, 0.5) is 4.39 Å². The van der Waals surface area contributed by atoms with Crippen molar-refractivity contribution >= 4 is 18.0 Å². The first-order valence-electron chi connectivity index (χ1n) is 11.2. The average molecular weight is 462 g/mol. The van der Waals surface area contributed by atoms with Gasteiger partial charge in [0.05, 0.1) is 12.1 Å². The summed E-state index contributed by atoms with van der Waals surface area (Å²) in [5.74, 6) is -0.167. The van der Waals surface area contributed by atoms with Gasteiger partial charge in [0.25, 0.3) is 5.91 Å². The first-order valence-corrected chi connectivity index (χ1v) is 11.2. The number of rotatable bonds is 7. The number of likely N-dealkylation sites (tertiary alicyclic amines) is 1. The molecule has 2 aliphatic heterocycles. The van der Waals surface area contributed by atoms with Crippen LogP contribution < -0.4 is 10.1 Å². The molecule has 0 aromatic heterocycles. The van der Waals surface area contributed by atoms with Crippen LogP contribution in [0.5, 0.6) is 11.5 Å². The first kappa shape index (κ1) is 23.4. The SMILES string of the molecule is C=C(F)C(=O)N1CCC[C@@H](NC2C(C(=N)c3ccc(Oc4ccccc4)cc3)=CN=CN2C)C1. The van der Waals surface area contributed by atoms with Gasteiger partial charge in [-0.2, -0.15) is 0 Å². The summed E-state index contributed by atoms with van der Waals surface area (Å²) in [4.78, 5) is 19.7. The molecule has 34 heavy (non-hydrogen) atoms. The molecule has 0 aliphatic carbocycles. The number of nitrogens with one attached hydrogen (secondary N) is 2. The Labute approximate surface area is 198 Å². The second-order valence-corrected chi connectivity index (χ2v) is 8.39. The van der Waals surface area contributed by atoms with Gasteiger partial charge in [-0.05, 0) is 49.2 Å². The van der Waals surface area contributed by atoms with Gasteiger partial charge >= 0.3 is 0 Å². The highest BCUT2D eigenvalue weighted by Gasteiger charge is 2.31. The van der Waals surface area contributed by atoms with Gasteiger partial charge in [-0.15, -0.1) is 0 Å². The molecule has 0 saturated carbocycles. The molecule has 2 aliphatic rings. The number of halogens is 1. The molecule has 2 aromatic carbocycles.